The van der Waals surface area contributed by atoms with E-state index in [0.717, 1.165) is 6.08 Å². The third-order valence-electron chi connectivity index (χ3n) is 7.98. The van der Waals surface area contributed by atoms with Crippen molar-refractivity contribution >= 4 is 30.0 Å². The number of aryl methyl sites for hydroxylation is 2. The summed E-state index contributed by atoms with van der Waals surface area (Å²) in [6, 6.07) is 12.1. The van der Waals surface area contributed by atoms with Crippen LogP contribution < -0.4 is 4.74 Å². The topological polar surface area (TPSA) is 247 Å². The number of aromatic hydroxyl groups is 5. The molecule has 1 aliphatic rings. The number of esters is 3. The molecule has 0 heterocycles. The minimum Gasteiger partial charge on any atom is -0.504 e. The molecular formula is C35H36O15. The van der Waals surface area contributed by atoms with E-state index in [2.05, 4.69) is 0 Å². The lowest BCUT2D eigenvalue weighted by Gasteiger charge is -2.42. The first kappa shape index (κ1) is 36.9. The average molecular weight is 697 g/mol. The van der Waals surface area contributed by atoms with Gasteiger partial charge in [0.25, 0.3) is 0 Å². The molecule has 4 atom stereocenters. The molecule has 0 bridgehead atoms. The highest BCUT2D eigenvalue weighted by Crippen LogP contribution is 2.37. The van der Waals surface area contributed by atoms with Crippen molar-refractivity contribution in [2.45, 2.75) is 62.4 Å². The molecule has 0 spiro atoms. The van der Waals surface area contributed by atoms with Gasteiger partial charge in [-0.15, -0.1) is 0 Å². The van der Waals surface area contributed by atoms with Gasteiger partial charge in [0.2, 0.25) is 5.60 Å². The van der Waals surface area contributed by atoms with Crippen LogP contribution >= 0.6 is 0 Å². The van der Waals surface area contributed by atoms with Gasteiger partial charge in [0.15, 0.2) is 40.6 Å². The van der Waals surface area contributed by atoms with E-state index in [1.165, 1.54) is 67.8 Å². The number of aliphatic carboxylic acids is 1. The summed E-state index contributed by atoms with van der Waals surface area (Å²) in [5.41, 5.74) is -1.08. The Balaban J connectivity index is 1.52. The van der Waals surface area contributed by atoms with E-state index in [0.29, 0.717) is 16.7 Å². The van der Waals surface area contributed by atoms with Gasteiger partial charge in [-0.2, -0.15) is 0 Å². The summed E-state index contributed by atoms with van der Waals surface area (Å²) in [7, 11) is 1.33. The van der Waals surface area contributed by atoms with Gasteiger partial charge in [0.1, 0.15) is 6.10 Å². The monoisotopic (exact) mass is 696 g/mol. The molecule has 1 fully saturated rings. The van der Waals surface area contributed by atoms with Crippen molar-refractivity contribution in [3.8, 4) is 34.5 Å². The number of carboxylic acid groups (broad SMARTS) is 1. The maximum atomic E-state index is 13.0. The summed E-state index contributed by atoms with van der Waals surface area (Å²) in [6.45, 7) is 0. The minimum absolute atomic E-state index is 0.00474. The molecule has 3 aromatic rings. The zero-order chi connectivity index (χ0) is 36.6. The molecule has 0 radical (unpaired) electrons. The molecule has 0 aromatic heterocycles. The zero-order valence-corrected chi connectivity index (χ0v) is 26.7. The Morgan fingerprint density at radius 2 is 1.34 bits per heavy atom. The van der Waals surface area contributed by atoms with Crippen LogP contribution in [0.25, 0.3) is 6.08 Å². The second-order valence-electron chi connectivity index (χ2n) is 11.6. The SMILES string of the molecule is COc1cc(/C=C/C(=O)O[C@@H]2C[C@@](OC(=O)CCc3ccc(O)c(O)c3)(C(=O)O)C[C@@H](O)[C@H]2OC(=O)CCc2ccc(O)c(O)c2)ccc1O. The van der Waals surface area contributed by atoms with Crippen LogP contribution in [0, 0.1) is 0 Å². The zero-order valence-electron chi connectivity index (χ0n) is 26.7. The van der Waals surface area contributed by atoms with Crippen LogP contribution in [0.2, 0.25) is 0 Å². The minimum atomic E-state index is -2.40. The van der Waals surface area contributed by atoms with Crippen molar-refractivity contribution in [1.29, 1.82) is 0 Å². The first-order chi connectivity index (χ1) is 23.7. The van der Waals surface area contributed by atoms with Crippen LogP contribution in [0.3, 0.4) is 0 Å². The highest BCUT2D eigenvalue weighted by molar-refractivity contribution is 5.88. The number of benzene rings is 3. The number of phenols is 5. The fourth-order valence-electron chi connectivity index (χ4n) is 5.36. The maximum Gasteiger partial charge on any atom is 0.348 e. The Morgan fingerprint density at radius 1 is 0.760 bits per heavy atom. The van der Waals surface area contributed by atoms with Gasteiger partial charge < -0.3 is 54.7 Å². The fourth-order valence-corrected chi connectivity index (χ4v) is 5.36. The van der Waals surface area contributed by atoms with E-state index in [-0.39, 0.29) is 48.7 Å². The number of aliphatic hydroxyl groups is 1. The van der Waals surface area contributed by atoms with E-state index in [4.69, 9.17) is 18.9 Å². The number of hydrogen-bond acceptors (Lipinski definition) is 14. The molecule has 15 nitrogen and oxygen atoms in total. The van der Waals surface area contributed by atoms with Gasteiger partial charge in [-0.25, -0.2) is 9.59 Å². The Bertz CT molecular complexity index is 1770. The molecule has 3 aromatic carbocycles. The van der Waals surface area contributed by atoms with Crippen LogP contribution in [0.1, 0.15) is 42.4 Å². The summed E-state index contributed by atoms with van der Waals surface area (Å²) < 4.78 is 21.4. The third-order valence-corrected chi connectivity index (χ3v) is 7.98. The molecule has 266 valence electrons. The molecule has 0 amide bonds. The molecule has 1 saturated carbocycles. The number of carboxylic acids is 1. The largest absolute Gasteiger partial charge is 0.504 e. The number of ether oxygens (including phenoxy) is 4. The van der Waals surface area contributed by atoms with Crippen molar-refractivity contribution in [1.82, 2.24) is 0 Å². The van der Waals surface area contributed by atoms with Gasteiger partial charge in [-0.05, 0) is 72.0 Å². The van der Waals surface area contributed by atoms with Crippen molar-refractivity contribution in [3.63, 3.8) is 0 Å². The quantitative estimate of drug-likeness (QED) is 0.0588. The summed E-state index contributed by atoms with van der Waals surface area (Å²) in [6.07, 6.45) is -4.72. The van der Waals surface area contributed by atoms with Gasteiger partial charge >= 0.3 is 23.9 Å². The number of hydrogen-bond donors (Lipinski definition) is 7. The lowest BCUT2D eigenvalue weighted by Crippen LogP contribution is -2.60. The summed E-state index contributed by atoms with van der Waals surface area (Å²) in [4.78, 5) is 51.4. The molecule has 7 N–H and O–H groups in total. The van der Waals surface area contributed by atoms with E-state index in [1.807, 2.05) is 0 Å². The Morgan fingerprint density at radius 3 is 1.90 bits per heavy atom. The van der Waals surface area contributed by atoms with Gasteiger partial charge in [0.05, 0.1) is 13.2 Å². The Labute approximate surface area is 285 Å². The standard InChI is InChI=1S/C35H36O15/c1-47-28-16-21(4-10-24(28)38)6-11-30(42)48-29-18-35(34(45)46,50-32(44)13-7-20-3-9-23(37)26(40)15-20)17-27(41)33(29)49-31(43)12-5-19-2-8-22(36)25(39)14-19/h2-4,6,8-11,14-16,27,29,33,36-41H,5,7,12-13,17-18H2,1H3,(H,45,46)/b11-6+/t27-,29-,33-,35-/m1/s1. The van der Waals surface area contributed by atoms with Crippen molar-refractivity contribution in [3.05, 3.63) is 77.4 Å². The average Bonchev–Trinajstić information content (AvgIpc) is 3.07. The van der Waals surface area contributed by atoms with E-state index >= 15 is 0 Å². The number of phenolic OH excluding ortho intramolecular Hbond substituents is 5. The highest BCUT2D eigenvalue weighted by atomic mass is 16.6. The van der Waals surface area contributed by atoms with E-state index in [9.17, 15) is 54.9 Å². The molecule has 0 unspecified atom stereocenters. The van der Waals surface area contributed by atoms with Gasteiger partial charge in [-0.3, -0.25) is 9.59 Å². The number of carbonyl (C=O) groups is 4. The molecule has 50 heavy (non-hydrogen) atoms. The number of aliphatic hydroxyl groups excluding tert-OH is 1. The van der Waals surface area contributed by atoms with Crippen molar-refractivity contribution < 1.29 is 73.9 Å². The van der Waals surface area contributed by atoms with Crippen LogP contribution in [-0.4, -0.2) is 90.6 Å². The number of rotatable bonds is 13. The highest BCUT2D eigenvalue weighted by Gasteiger charge is 2.56. The van der Waals surface area contributed by atoms with Crippen LogP contribution in [0.15, 0.2) is 60.7 Å². The normalized spacial score (nSPS) is 20.2. The predicted octanol–water partition coefficient (Wildman–Crippen LogP) is 2.85. The first-order valence-electron chi connectivity index (χ1n) is 15.3. The predicted molar refractivity (Wildman–Crippen MR) is 171 cm³/mol. The van der Waals surface area contributed by atoms with E-state index in [1.54, 1.807) is 0 Å². The maximum absolute atomic E-state index is 13.0. The van der Waals surface area contributed by atoms with Gasteiger partial charge in [0, 0.05) is 31.8 Å². The molecule has 0 saturated heterocycles. The van der Waals surface area contributed by atoms with Crippen molar-refractivity contribution in [2.24, 2.45) is 0 Å². The van der Waals surface area contributed by atoms with Crippen molar-refractivity contribution in [2.75, 3.05) is 7.11 Å². The fraction of sp³-hybridized carbons (Fsp3) is 0.314. The van der Waals surface area contributed by atoms with Crippen LogP contribution in [0.5, 0.6) is 34.5 Å². The molecule has 4 rings (SSSR count). The first-order valence-corrected chi connectivity index (χ1v) is 15.3. The molecule has 1 aliphatic carbocycles. The molecule has 15 heteroatoms. The Hall–Kier alpha value is -5.96. The van der Waals surface area contributed by atoms with Crippen LogP contribution in [-0.2, 0) is 46.2 Å². The molecular weight excluding hydrogens is 660 g/mol. The smallest absolute Gasteiger partial charge is 0.348 e. The van der Waals surface area contributed by atoms with Gasteiger partial charge in [-0.1, -0.05) is 18.2 Å². The second-order valence-corrected chi connectivity index (χ2v) is 11.6. The number of methoxy groups -OCH3 is 1. The summed E-state index contributed by atoms with van der Waals surface area (Å²) in [5, 5.41) is 69.6. The summed E-state index contributed by atoms with van der Waals surface area (Å²) in [5.74, 6) is -6.11. The number of carbonyl (C=O) groups excluding carboxylic acids is 3. The Kier molecular flexibility index (Phi) is 11.8. The summed E-state index contributed by atoms with van der Waals surface area (Å²) >= 11 is 0. The third kappa shape index (κ3) is 9.35. The lowest BCUT2D eigenvalue weighted by atomic mass is 9.79. The lowest BCUT2D eigenvalue weighted by molar-refractivity contribution is -0.216. The second kappa shape index (κ2) is 16.0. The van der Waals surface area contributed by atoms with E-state index < -0.39 is 72.1 Å². The molecule has 0 aliphatic heterocycles. The van der Waals surface area contributed by atoms with Crippen LogP contribution in [0.4, 0.5) is 0 Å².